The Balaban J connectivity index is 1.49. The van der Waals surface area contributed by atoms with Gasteiger partial charge in [-0.3, -0.25) is 4.79 Å². The Morgan fingerprint density at radius 2 is 1.62 bits per heavy atom. The summed E-state index contributed by atoms with van der Waals surface area (Å²) in [5.41, 5.74) is 7.61. The first-order valence-electron chi connectivity index (χ1n) is 12.7. The van der Waals surface area contributed by atoms with Gasteiger partial charge in [-0.1, -0.05) is 12.1 Å². The Morgan fingerprint density at radius 3 is 2.28 bits per heavy atom. The van der Waals surface area contributed by atoms with Crippen LogP contribution in [-0.2, 0) is 22.2 Å². The molecule has 1 amide bonds. The van der Waals surface area contributed by atoms with Gasteiger partial charge in [-0.05, 0) is 35.9 Å². The summed E-state index contributed by atoms with van der Waals surface area (Å²) in [6.07, 6.45) is -4.55. The lowest BCUT2D eigenvalue weighted by molar-refractivity contribution is -0.137. The molecule has 39 heavy (non-hydrogen) atoms. The minimum Gasteiger partial charge on any atom is -0.378 e. The molecule has 0 bridgehead atoms. The van der Waals surface area contributed by atoms with Gasteiger partial charge < -0.3 is 30.3 Å². The molecule has 2 fully saturated rings. The van der Waals surface area contributed by atoms with Gasteiger partial charge in [0.25, 0.3) is 5.91 Å². The van der Waals surface area contributed by atoms with E-state index in [4.69, 9.17) is 25.2 Å². The summed E-state index contributed by atoms with van der Waals surface area (Å²) in [7, 11) is 0. The third-order valence-electron chi connectivity index (χ3n) is 6.65. The molecular formula is C27H29F3N6O3. The average Bonchev–Trinajstić information content (AvgIpc) is 2.97. The van der Waals surface area contributed by atoms with Gasteiger partial charge in [-0.25, -0.2) is 4.98 Å². The van der Waals surface area contributed by atoms with Crippen LogP contribution in [0.5, 0.6) is 0 Å². The molecule has 2 saturated heterocycles. The van der Waals surface area contributed by atoms with Crippen molar-refractivity contribution in [3.8, 4) is 11.3 Å². The number of alkyl halides is 3. The van der Waals surface area contributed by atoms with Crippen LogP contribution in [0, 0.1) is 0 Å². The Hall–Kier alpha value is -3.74. The van der Waals surface area contributed by atoms with Gasteiger partial charge in [0.1, 0.15) is 5.82 Å². The number of hydrogen-bond donors (Lipinski definition) is 2. The Morgan fingerprint density at radius 1 is 0.923 bits per heavy atom. The number of hydrogen-bond acceptors (Lipinski definition) is 8. The Labute approximate surface area is 223 Å². The molecular weight excluding hydrogens is 513 g/mol. The molecule has 5 rings (SSSR count). The van der Waals surface area contributed by atoms with Crippen molar-refractivity contribution >= 4 is 23.4 Å². The van der Waals surface area contributed by atoms with E-state index in [1.54, 1.807) is 18.2 Å². The minimum absolute atomic E-state index is 0.0967. The van der Waals surface area contributed by atoms with Crippen LogP contribution in [0.4, 0.5) is 30.6 Å². The molecule has 3 N–H and O–H groups in total. The summed E-state index contributed by atoms with van der Waals surface area (Å²) in [6.45, 7) is 5.25. The van der Waals surface area contributed by atoms with Gasteiger partial charge >= 0.3 is 6.18 Å². The van der Waals surface area contributed by atoms with Crippen molar-refractivity contribution < 1.29 is 27.4 Å². The van der Waals surface area contributed by atoms with E-state index in [1.807, 2.05) is 6.07 Å². The number of halogens is 3. The summed E-state index contributed by atoms with van der Waals surface area (Å²) < 4.78 is 50.4. The van der Waals surface area contributed by atoms with E-state index in [1.165, 1.54) is 12.1 Å². The number of nitrogens with zero attached hydrogens (tertiary/aromatic N) is 4. The van der Waals surface area contributed by atoms with Crippen molar-refractivity contribution in [3.63, 3.8) is 0 Å². The van der Waals surface area contributed by atoms with E-state index in [0.717, 1.165) is 23.5 Å². The van der Waals surface area contributed by atoms with E-state index >= 15 is 0 Å². The summed E-state index contributed by atoms with van der Waals surface area (Å²) in [4.78, 5) is 26.8. The first kappa shape index (κ1) is 26.9. The largest absolute Gasteiger partial charge is 0.416 e. The Bertz CT molecular complexity index is 1290. The first-order valence-corrected chi connectivity index (χ1v) is 12.7. The molecule has 0 unspecified atom stereocenters. The number of ether oxygens (including phenoxy) is 2. The van der Waals surface area contributed by atoms with Crippen LogP contribution in [-0.4, -0.2) is 68.5 Å². The van der Waals surface area contributed by atoms with Crippen LogP contribution in [0.25, 0.3) is 11.3 Å². The molecule has 0 saturated carbocycles. The zero-order valence-corrected chi connectivity index (χ0v) is 21.2. The summed E-state index contributed by atoms with van der Waals surface area (Å²) in [6, 6.07) is 11.4. The fraction of sp³-hybridized carbons (Fsp3) is 0.370. The number of nitrogens with two attached hydrogens (primary N) is 1. The highest BCUT2D eigenvalue weighted by molar-refractivity contribution is 6.04. The van der Waals surface area contributed by atoms with Crippen LogP contribution in [0.2, 0.25) is 0 Å². The third kappa shape index (κ3) is 6.29. The van der Waals surface area contributed by atoms with E-state index in [9.17, 15) is 18.0 Å². The van der Waals surface area contributed by atoms with Gasteiger partial charge in [0.2, 0.25) is 5.95 Å². The highest BCUT2D eigenvalue weighted by Crippen LogP contribution is 2.32. The monoisotopic (exact) mass is 542 g/mol. The number of nitrogens with one attached hydrogen (secondary N) is 1. The molecule has 2 aliphatic rings. The second-order valence-electron chi connectivity index (χ2n) is 9.22. The molecule has 0 aliphatic carbocycles. The number of rotatable bonds is 6. The van der Waals surface area contributed by atoms with E-state index < -0.39 is 17.6 Å². The van der Waals surface area contributed by atoms with Crippen molar-refractivity contribution in [1.29, 1.82) is 0 Å². The molecule has 0 atom stereocenters. The van der Waals surface area contributed by atoms with E-state index in [0.29, 0.717) is 75.5 Å². The fourth-order valence-corrected chi connectivity index (χ4v) is 4.53. The maximum absolute atomic E-state index is 13.1. The highest BCUT2D eigenvalue weighted by Gasteiger charge is 2.31. The van der Waals surface area contributed by atoms with E-state index in [-0.39, 0.29) is 12.1 Å². The summed E-state index contributed by atoms with van der Waals surface area (Å²) in [5, 5.41) is 2.71. The van der Waals surface area contributed by atoms with Crippen molar-refractivity contribution in [2.45, 2.75) is 12.7 Å². The van der Waals surface area contributed by atoms with Gasteiger partial charge in [0.15, 0.2) is 0 Å². The van der Waals surface area contributed by atoms with Crippen LogP contribution >= 0.6 is 0 Å². The third-order valence-corrected chi connectivity index (χ3v) is 6.65. The van der Waals surface area contributed by atoms with Crippen LogP contribution in [0.15, 0.2) is 48.5 Å². The van der Waals surface area contributed by atoms with Crippen molar-refractivity contribution in [1.82, 2.24) is 9.97 Å². The molecule has 12 heteroatoms. The molecule has 0 radical (unpaired) electrons. The van der Waals surface area contributed by atoms with Crippen molar-refractivity contribution in [3.05, 3.63) is 65.2 Å². The second-order valence-corrected chi connectivity index (χ2v) is 9.22. The normalized spacial score (nSPS) is 16.3. The average molecular weight is 543 g/mol. The molecule has 2 aromatic carbocycles. The molecule has 3 aromatic rings. The minimum atomic E-state index is -4.55. The van der Waals surface area contributed by atoms with Gasteiger partial charge in [-0.2, -0.15) is 18.2 Å². The smallest absolute Gasteiger partial charge is 0.378 e. The maximum atomic E-state index is 13.1. The van der Waals surface area contributed by atoms with E-state index in [2.05, 4.69) is 15.1 Å². The molecule has 3 heterocycles. The molecule has 2 aliphatic heterocycles. The number of carbonyl (C=O) groups is 1. The fourth-order valence-electron chi connectivity index (χ4n) is 4.53. The van der Waals surface area contributed by atoms with Crippen LogP contribution in [0.3, 0.4) is 0 Å². The quantitative estimate of drug-likeness (QED) is 0.487. The van der Waals surface area contributed by atoms with Crippen molar-refractivity contribution in [2.75, 3.05) is 67.7 Å². The SMILES string of the molecule is NCc1ccc(NC(=O)c2cccc(C(F)(F)F)c2)cc1-c1cc(N2CCOCC2)nc(N2CCOCC2)n1. The standard InChI is InChI=1S/C27H29F3N6O3/c28-27(29,30)20-3-1-2-18(14-20)25(37)32-21-5-4-19(17-31)22(15-21)23-16-24(35-6-10-38-11-7-35)34-26(33-23)36-8-12-39-13-9-36/h1-5,14-16H,6-13,17,31H2,(H,32,37). The summed E-state index contributed by atoms with van der Waals surface area (Å²) >= 11 is 0. The molecule has 0 spiro atoms. The second kappa shape index (κ2) is 11.6. The number of carbonyl (C=O) groups excluding carboxylic acids is 1. The number of anilines is 3. The van der Waals surface area contributed by atoms with Crippen LogP contribution in [0.1, 0.15) is 21.5 Å². The number of amides is 1. The predicted molar refractivity (Wildman–Crippen MR) is 141 cm³/mol. The highest BCUT2D eigenvalue weighted by atomic mass is 19.4. The van der Waals surface area contributed by atoms with Gasteiger partial charge in [-0.15, -0.1) is 0 Å². The number of aromatic nitrogens is 2. The predicted octanol–water partition coefficient (Wildman–Crippen LogP) is 3.55. The number of benzene rings is 2. The maximum Gasteiger partial charge on any atom is 0.416 e. The lowest BCUT2D eigenvalue weighted by atomic mass is 10.0. The zero-order chi connectivity index (χ0) is 27.4. The first-order chi connectivity index (χ1) is 18.8. The topological polar surface area (TPSA) is 106 Å². The van der Waals surface area contributed by atoms with Crippen LogP contribution < -0.4 is 20.9 Å². The van der Waals surface area contributed by atoms with Gasteiger partial charge in [0.05, 0.1) is 37.7 Å². The number of morpholine rings is 2. The Kier molecular flexibility index (Phi) is 7.96. The molecule has 1 aromatic heterocycles. The lowest BCUT2D eigenvalue weighted by Gasteiger charge is -2.31. The van der Waals surface area contributed by atoms with Crippen molar-refractivity contribution in [2.24, 2.45) is 5.73 Å². The molecule has 206 valence electrons. The zero-order valence-electron chi connectivity index (χ0n) is 21.2. The summed E-state index contributed by atoms with van der Waals surface area (Å²) in [5.74, 6) is 0.670. The molecule has 9 nitrogen and oxygen atoms in total. The lowest BCUT2D eigenvalue weighted by Crippen LogP contribution is -2.39. The van der Waals surface area contributed by atoms with Gasteiger partial charge in [0, 0.05) is 55.6 Å².